The first-order valence-electron chi connectivity index (χ1n) is 5.18. The van der Waals surface area contributed by atoms with Crippen molar-refractivity contribution >= 4 is 0 Å². The van der Waals surface area contributed by atoms with Crippen LogP contribution in [0.2, 0.25) is 0 Å². The predicted molar refractivity (Wildman–Crippen MR) is 53.5 cm³/mol. The molecule has 0 amide bonds. The van der Waals surface area contributed by atoms with Gasteiger partial charge in [-0.25, -0.2) is 0 Å². The molecule has 0 aromatic carbocycles. The van der Waals surface area contributed by atoms with Crippen LogP contribution in [-0.4, -0.2) is 28.1 Å². The largest absolute Gasteiger partial charge is 0.325 e. The van der Waals surface area contributed by atoms with Crippen LogP contribution in [0.25, 0.3) is 0 Å². The highest BCUT2D eigenvalue weighted by molar-refractivity contribution is 4.90. The number of nitrogens with one attached hydrogen (secondary N) is 1. The molecular formula is C9H17N5. The molecule has 1 saturated heterocycles. The maximum Gasteiger partial charge on any atom is 0.0962 e. The Morgan fingerprint density at radius 3 is 3.21 bits per heavy atom. The lowest BCUT2D eigenvalue weighted by atomic mass is 10.00. The minimum atomic E-state index is 0.475. The SMILES string of the molecule is NCc1cn(CC2CCCNC2)nn1. The van der Waals surface area contributed by atoms with E-state index in [1.54, 1.807) is 0 Å². The van der Waals surface area contributed by atoms with E-state index in [9.17, 15) is 0 Å². The van der Waals surface area contributed by atoms with Crippen molar-refractivity contribution in [2.24, 2.45) is 11.7 Å². The maximum absolute atomic E-state index is 5.47. The Balaban J connectivity index is 1.89. The molecule has 5 nitrogen and oxygen atoms in total. The van der Waals surface area contributed by atoms with Gasteiger partial charge in [0.2, 0.25) is 0 Å². The molecule has 3 N–H and O–H groups in total. The van der Waals surface area contributed by atoms with Gasteiger partial charge >= 0.3 is 0 Å². The zero-order chi connectivity index (χ0) is 9.80. The highest BCUT2D eigenvalue weighted by Crippen LogP contribution is 2.11. The van der Waals surface area contributed by atoms with E-state index in [0.717, 1.165) is 25.3 Å². The average molecular weight is 195 g/mol. The molecular weight excluding hydrogens is 178 g/mol. The monoisotopic (exact) mass is 195 g/mol. The summed E-state index contributed by atoms with van der Waals surface area (Å²) in [4.78, 5) is 0. The fourth-order valence-corrected chi connectivity index (χ4v) is 1.87. The number of hydrogen-bond donors (Lipinski definition) is 2. The van der Waals surface area contributed by atoms with Gasteiger partial charge in [-0.15, -0.1) is 5.10 Å². The second kappa shape index (κ2) is 4.52. The lowest BCUT2D eigenvalue weighted by Gasteiger charge is -2.22. The zero-order valence-corrected chi connectivity index (χ0v) is 8.32. The summed E-state index contributed by atoms with van der Waals surface area (Å²) in [7, 11) is 0. The first kappa shape index (κ1) is 9.61. The molecule has 1 aliphatic rings. The summed E-state index contributed by atoms with van der Waals surface area (Å²) in [5.74, 6) is 0.691. The van der Waals surface area contributed by atoms with Gasteiger partial charge in [0.1, 0.15) is 0 Å². The summed E-state index contributed by atoms with van der Waals surface area (Å²) < 4.78 is 1.90. The van der Waals surface area contributed by atoms with Crippen LogP contribution in [-0.2, 0) is 13.1 Å². The summed E-state index contributed by atoms with van der Waals surface area (Å²) in [6, 6.07) is 0. The number of piperidine rings is 1. The van der Waals surface area contributed by atoms with Crippen LogP contribution in [0.15, 0.2) is 6.20 Å². The van der Waals surface area contributed by atoms with Gasteiger partial charge < -0.3 is 11.1 Å². The summed E-state index contributed by atoms with van der Waals surface area (Å²) >= 11 is 0. The van der Waals surface area contributed by atoms with E-state index in [0.29, 0.717) is 12.5 Å². The van der Waals surface area contributed by atoms with Crippen molar-refractivity contribution in [3.8, 4) is 0 Å². The predicted octanol–water partition coefficient (Wildman–Crippen LogP) is -0.264. The van der Waals surface area contributed by atoms with Gasteiger partial charge in [0.05, 0.1) is 5.69 Å². The van der Waals surface area contributed by atoms with Crippen molar-refractivity contribution in [2.75, 3.05) is 13.1 Å². The van der Waals surface area contributed by atoms with Crippen molar-refractivity contribution in [3.05, 3.63) is 11.9 Å². The third kappa shape index (κ3) is 2.30. The molecule has 2 rings (SSSR count). The molecule has 0 bridgehead atoms. The molecule has 2 heterocycles. The Morgan fingerprint density at radius 1 is 1.64 bits per heavy atom. The van der Waals surface area contributed by atoms with Crippen LogP contribution >= 0.6 is 0 Å². The van der Waals surface area contributed by atoms with Crippen molar-refractivity contribution in [3.63, 3.8) is 0 Å². The van der Waals surface area contributed by atoms with Crippen LogP contribution < -0.4 is 11.1 Å². The molecule has 0 saturated carbocycles. The molecule has 1 aliphatic heterocycles. The Labute approximate surface area is 83.7 Å². The van der Waals surface area contributed by atoms with E-state index in [1.165, 1.54) is 12.8 Å². The zero-order valence-electron chi connectivity index (χ0n) is 8.32. The van der Waals surface area contributed by atoms with Crippen LogP contribution in [0.1, 0.15) is 18.5 Å². The molecule has 1 aromatic heterocycles. The molecule has 0 aliphatic carbocycles. The molecule has 14 heavy (non-hydrogen) atoms. The minimum Gasteiger partial charge on any atom is -0.325 e. The van der Waals surface area contributed by atoms with Crippen LogP contribution in [0.3, 0.4) is 0 Å². The van der Waals surface area contributed by atoms with Gasteiger partial charge in [0.25, 0.3) is 0 Å². The van der Waals surface area contributed by atoms with E-state index >= 15 is 0 Å². The molecule has 78 valence electrons. The van der Waals surface area contributed by atoms with Gasteiger partial charge in [0.15, 0.2) is 0 Å². The number of nitrogens with two attached hydrogens (primary N) is 1. The van der Waals surface area contributed by atoms with E-state index in [1.807, 2.05) is 10.9 Å². The molecule has 0 radical (unpaired) electrons. The topological polar surface area (TPSA) is 68.8 Å². The molecule has 1 aromatic rings. The molecule has 1 unspecified atom stereocenters. The Bertz CT molecular complexity index is 276. The first-order chi connectivity index (χ1) is 6.88. The number of hydrogen-bond acceptors (Lipinski definition) is 4. The fourth-order valence-electron chi connectivity index (χ4n) is 1.87. The van der Waals surface area contributed by atoms with Crippen molar-refractivity contribution in [1.29, 1.82) is 0 Å². The van der Waals surface area contributed by atoms with E-state index in [-0.39, 0.29) is 0 Å². The first-order valence-corrected chi connectivity index (χ1v) is 5.18. The van der Waals surface area contributed by atoms with Crippen molar-refractivity contribution in [1.82, 2.24) is 20.3 Å². The smallest absolute Gasteiger partial charge is 0.0962 e. The third-order valence-corrected chi connectivity index (χ3v) is 2.64. The number of nitrogens with zero attached hydrogens (tertiary/aromatic N) is 3. The highest BCUT2D eigenvalue weighted by atomic mass is 15.4. The van der Waals surface area contributed by atoms with Crippen LogP contribution in [0.4, 0.5) is 0 Å². The minimum absolute atomic E-state index is 0.475. The van der Waals surface area contributed by atoms with E-state index in [2.05, 4.69) is 15.6 Å². The lowest BCUT2D eigenvalue weighted by molar-refractivity contribution is 0.322. The van der Waals surface area contributed by atoms with Gasteiger partial charge in [-0.2, -0.15) is 0 Å². The second-order valence-electron chi connectivity index (χ2n) is 3.85. The summed E-state index contributed by atoms with van der Waals surface area (Å²) in [5.41, 5.74) is 6.34. The number of rotatable bonds is 3. The Hall–Kier alpha value is -0.940. The van der Waals surface area contributed by atoms with Crippen molar-refractivity contribution < 1.29 is 0 Å². The summed E-state index contributed by atoms with van der Waals surface area (Å²) in [6.45, 7) is 3.68. The second-order valence-corrected chi connectivity index (χ2v) is 3.85. The van der Waals surface area contributed by atoms with Gasteiger partial charge in [0, 0.05) is 19.3 Å². The summed E-state index contributed by atoms with van der Waals surface area (Å²) in [6.07, 6.45) is 4.49. The highest BCUT2D eigenvalue weighted by Gasteiger charge is 2.13. The quantitative estimate of drug-likeness (QED) is 0.697. The van der Waals surface area contributed by atoms with Crippen LogP contribution in [0, 0.1) is 5.92 Å². The van der Waals surface area contributed by atoms with Gasteiger partial charge in [-0.05, 0) is 31.8 Å². The normalized spacial score (nSPS) is 22.5. The third-order valence-electron chi connectivity index (χ3n) is 2.64. The average Bonchev–Trinajstić information content (AvgIpc) is 2.67. The maximum atomic E-state index is 5.47. The molecule has 0 spiro atoms. The number of aromatic nitrogens is 3. The van der Waals surface area contributed by atoms with E-state index in [4.69, 9.17) is 5.73 Å². The lowest BCUT2D eigenvalue weighted by Crippen LogP contribution is -2.32. The van der Waals surface area contributed by atoms with Crippen LogP contribution in [0.5, 0.6) is 0 Å². The van der Waals surface area contributed by atoms with Gasteiger partial charge in [-0.3, -0.25) is 4.68 Å². The Kier molecular flexibility index (Phi) is 3.10. The van der Waals surface area contributed by atoms with Crippen molar-refractivity contribution in [2.45, 2.75) is 25.9 Å². The molecule has 5 heteroatoms. The Morgan fingerprint density at radius 2 is 2.57 bits per heavy atom. The molecule has 1 fully saturated rings. The summed E-state index contributed by atoms with van der Waals surface area (Å²) in [5, 5.41) is 11.4. The van der Waals surface area contributed by atoms with E-state index < -0.39 is 0 Å². The van der Waals surface area contributed by atoms with Gasteiger partial charge in [-0.1, -0.05) is 5.21 Å². The standard InChI is InChI=1S/C9H17N5/c10-4-9-7-14(13-12-9)6-8-2-1-3-11-5-8/h7-8,11H,1-6,10H2. The fraction of sp³-hybridized carbons (Fsp3) is 0.778. The molecule has 1 atom stereocenters.